The zero-order chi connectivity index (χ0) is 33.4. The van der Waals surface area contributed by atoms with Gasteiger partial charge in [0, 0.05) is 41.4 Å². The Bertz CT molecular complexity index is 859. The van der Waals surface area contributed by atoms with E-state index in [0.717, 1.165) is 0 Å². The van der Waals surface area contributed by atoms with Gasteiger partial charge in [0.05, 0.1) is 72.7 Å². The van der Waals surface area contributed by atoms with Crippen LogP contribution in [0.4, 0.5) is 9.59 Å². The van der Waals surface area contributed by atoms with Gasteiger partial charge in [-0.25, -0.2) is 18.7 Å². The number of amides is 2. The van der Waals surface area contributed by atoms with E-state index in [1.54, 1.807) is 0 Å². The van der Waals surface area contributed by atoms with E-state index in [4.69, 9.17) is 57.5 Å². The van der Waals surface area contributed by atoms with Crippen LogP contribution in [-0.4, -0.2) is 174 Å². The molecule has 0 saturated heterocycles. The molecular formula is C22H46N2O18P2. The van der Waals surface area contributed by atoms with Crippen LogP contribution in [0.2, 0.25) is 0 Å². The summed E-state index contributed by atoms with van der Waals surface area (Å²) in [7, 11) is -3.88. The van der Waals surface area contributed by atoms with Gasteiger partial charge < -0.3 is 67.3 Å². The van der Waals surface area contributed by atoms with E-state index in [9.17, 15) is 18.7 Å². The zero-order valence-electron chi connectivity index (χ0n) is 25.3. The highest BCUT2D eigenvalue weighted by molar-refractivity contribution is 7.46. The number of likely N-dealkylation sites (N-methyl/N-ethyl adjacent to an activating group) is 2. The molecule has 0 spiro atoms. The molecule has 0 saturated carbocycles. The lowest BCUT2D eigenvalue weighted by molar-refractivity contribution is -0.0470. The quantitative estimate of drug-likeness (QED) is 0.0623. The first-order valence-electron chi connectivity index (χ1n) is 13.2. The Kier molecular flexibility index (Phi) is 23.9. The van der Waals surface area contributed by atoms with Crippen LogP contribution in [0, 0.1) is 0 Å². The van der Waals surface area contributed by atoms with Gasteiger partial charge in [-0.15, -0.1) is 0 Å². The highest BCUT2D eigenvalue weighted by Gasteiger charge is 2.26. The van der Waals surface area contributed by atoms with Crippen molar-refractivity contribution in [1.29, 1.82) is 0 Å². The maximum atomic E-state index is 12.6. The third kappa shape index (κ3) is 25.8. The van der Waals surface area contributed by atoms with E-state index in [2.05, 4.69) is 9.05 Å². The van der Waals surface area contributed by atoms with Crippen LogP contribution < -0.4 is 0 Å². The van der Waals surface area contributed by atoms with E-state index < -0.39 is 53.3 Å². The highest BCUT2D eigenvalue weighted by Crippen LogP contribution is 2.40. The van der Waals surface area contributed by atoms with Crippen molar-refractivity contribution in [2.24, 2.45) is 0 Å². The van der Waals surface area contributed by atoms with Gasteiger partial charge in [-0.2, -0.15) is 0 Å². The predicted molar refractivity (Wildman–Crippen MR) is 149 cm³/mol. The number of ether oxygens (including phenoxy) is 8. The molecule has 0 aliphatic rings. The summed E-state index contributed by atoms with van der Waals surface area (Å²) in [6.45, 7) is 0.202. The Morgan fingerprint density at radius 1 is 0.614 bits per heavy atom. The molecule has 22 heteroatoms. The first kappa shape index (κ1) is 42.5. The first-order valence-corrected chi connectivity index (χ1v) is 16.3. The largest absolute Gasteiger partial charge is 0.470 e. The first-order chi connectivity index (χ1) is 20.7. The van der Waals surface area contributed by atoms with Gasteiger partial charge in [0.15, 0.2) is 6.10 Å². The molecule has 2 amide bonds. The molecule has 20 nitrogen and oxygen atoms in total. The van der Waals surface area contributed by atoms with Crippen molar-refractivity contribution in [2.45, 2.75) is 12.2 Å². The fourth-order valence-corrected chi connectivity index (χ4v) is 3.60. The maximum absolute atomic E-state index is 12.6. The molecule has 0 fully saturated rings. The number of methoxy groups -OCH3 is 2. The number of hydrogen-bond acceptors (Lipinski definition) is 14. The van der Waals surface area contributed by atoms with E-state index in [-0.39, 0.29) is 52.7 Å². The van der Waals surface area contributed by atoms with Crippen molar-refractivity contribution in [3.05, 3.63) is 0 Å². The van der Waals surface area contributed by atoms with Gasteiger partial charge in [0.2, 0.25) is 0 Å². The number of phosphoric acid groups is 2. The summed E-state index contributed by atoms with van der Waals surface area (Å²) in [6, 6.07) is 0. The van der Waals surface area contributed by atoms with Crippen LogP contribution in [-0.2, 0) is 56.1 Å². The summed E-state index contributed by atoms with van der Waals surface area (Å²) in [5.74, 6) is 0. The summed E-state index contributed by atoms with van der Waals surface area (Å²) < 4.78 is 72.3. The van der Waals surface area contributed by atoms with E-state index in [0.29, 0.717) is 26.4 Å². The monoisotopic (exact) mass is 688 g/mol. The van der Waals surface area contributed by atoms with Crippen LogP contribution in [0.1, 0.15) is 0 Å². The summed E-state index contributed by atoms with van der Waals surface area (Å²) in [6.07, 6.45) is -3.97. The summed E-state index contributed by atoms with van der Waals surface area (Å²) in [4.78, 5) is 63.0. The van der Waals surface area contributed by atoms with Gasteiger partial charge in [-0.1, -0.05) is 0 Å². The molecule has 2 atom stereocenters. The second kappa shape index (κ2) is 24.7. The summed E-state index contributed by atoms with van der Waals surface area (Å²) in [5.41, 5.74) is 0. The van der Waals surface area contributed by atoms with Crippen molar-refractivity contribution in [1.82, 2.24) is 9.80 Å². The topological polar surface area (TPSA) is 248 Å². The molecule has 0 radical (unpaired) electrons. The van der Waals surface area contributed by atoms with Crippen LogP contribution in [0.15, 0.2) is 0 Å². The van der Waals surface area contributed by atoms with Crippen molar-refractivity contribution in [2.75, 3.05) is 121 Å². The van der Waals surface area contributed by atoms with E-state index >= 15 is 0 Å². The second-order valence-electron chi connectivity index (χ2n) is 8.79. The third-order valence-corrected chi connectivity index (χ3v) is 6.04. The molecule has 44 heavy (non-hydrogen) atoms. The van der Waals surface area contributed by atoms with Crippen molar-refractivity contribution in [3.8, 4) is 0 Å². The molecule has 4 N–H and O–H groups in total. The number of rotatable bonds is 27. The molecule has 0 aliphatic heterocycles. The molecule has 262 valence electrons. The van der Waals surface area contributed by atoms with Crippen LogP contribution in [0.5, 0.6) is 0 Å². The fourth-order valence-electron chi connectivity index (χ4n) is 2.73. The van der Waals surface area contributed by atoms with Gasteiger partial charge in [-0.05, 0) is 0 Å². The number of hydrogen-bond donors (Lipinski definition) is 4. The molecule has 0 rings (SSSR count). The van der Waals surface area contributed by atoms with Crippen molar-refractivity contribution in [3.63, 3.8) is 0 Å². The van der Waals surface area contributed by atoms with Crippen LogP contribution in [0.3, 0.4) is 0 Å². The summed E-state index contributed by atoms with van der Waals surface area (Å²) in [5, 5.41) is 0. The summed E-state index contributed by atoms with van der Waals surface area (Å²) >= 11 is 0. The van der Waals surface area contributed by atoms with Crippen molar-refractivity contribution >= 4 is 27.8 Å². The lowest BCUT2D eigenvalue weighted by Gasteiger charge is -2.24. The molecule has 0 aromatic rings. The van der Waals surface area contributed by atoms with Gasteiger partial charge in [0.1, 0.15) is 12.7 Å². The van der Waals surface area contributed by atoms with Crippen LogP contribution >= 0.6 is 15.6 Å². The minimum Gasteiger partial charge on any atom is -0.445 e. The average molecular weight is 689 g/mol. The lowest BCUT2D eigenvalue weighted by atomic mass is 10.4. The second-order valence-corrected chi connectivity index (χ2v) is 11.2. The Hall–Kier alpha value is -1.48. The van der Waals surface area contributed by atoms with Gasteiger partial charge in [0.25, 0.3) is 0 Å². The Labute approximate surface area is 256 Å². The zero-order valence-corrected chi connectivity index (χ0v) is 27.1. The molecule has 2 unspecified atom stereocenters. The van der Waals surface area contributed by atoms with E-state index in [1.165, 1.54) is 38.1 Å². The fraction of sp³-hybridized carbons (Fsp3) is 0.909. The number of carbonyl (C=O) groups is 2. The smallest absolute Gasteiger partial charge is 0.445 e. The Morgan fingerprint density at radius 2 is 1.09 bits per heavy atom. The molecule has 0 heterocycles. The molecule has 0 aromatic carbocycles. The average Bonchev–Trinajstić information content (AvgIpc) is 2.94. The van der Waals surface area contributed by atoms with Crippen LogP contribution in [0.25, 0.3) is 0 Å². The number of carbonyl (C=O) groups excluding carboxylic acids is 2. The minimum atomic E-state index is -5.01. The van der Waals surface area contributed by atoms with Gasteiger partial charge >= 0.3 is 27.8 Å². The predicted octanol–water partition coefficient (Wildman–Crippen LogP) is -0.562. The number of nitrogens with zero attached hydrogens (tertiary/aromatic N) is 2. The Balaban J connectivity index is 4.86. The molecular weight excluding hydrogens is 642 g/mol. The third-order valence-electron chi connectivity index (χ3n) is 4.98. The minimum absolute atomic E-state index is 0.119. The maximum Gasteiger partial charge on any atom is 0.470 e. The molecule has 0 bridgehead atoms. The van der Waals surface area contributed by atoms with E-state index in [1.807, 2.05) is 0 Å². The highest BCUT2D eigenvalue weighted by atomic mass is 31.2. The SMILES string of the molecule is COCCOCCN(C)C(=O)OCC(COCCOCC(COP(=O)(O)O)OP(=O)(O)O)OC(=O)N(C)CCOCCOC. The number of phosphoric ester groups is 2. The molecule has 0 aliphatic carbocycles. The molecule has 0 aromatic heterocycles. The van der Waals surface area contributed by atoms with Crippen molar-refractivity contribution < 1.29 is 85.2 Å². The standard InChI is InChI=1S/C22H46N2O18P2/c1-23(5-7-35-11-9-33-3)21(25)39-17-19(41-22(26)24(2)6-8-36-12-10-34-4)15-37-13-14-38-16-20(42-44(30,31)32)18-40-43(27,28)29/h19-20H,5-18H2,1-4H3,(H2,27,28,29)(H2,30,31,32). The lowest BCUT2D eigenvalue weighted by Crippen LogP contribution is -2.39. The van der Waals surface area contributed by atoms with Gasteiger partial charge in [-0.3, -0.25) is 9.05 Å². The Morgan fingerprint density at radius 3 is 1.57 bits per heavy atom. The normalized spacial score (nSPS) is 13.4.